The van der Waals surface area contributed by atoms with Gasteiger partial charge in [0.1, 0.15) is 5.69 Å². The SMILES string of the molecule is O=C(O)/C=C/c1nnc(-c2ccccn2)n1-c1ccccc1. The third-order valence-electron chi connectivity index (χ3n) is 2.97. The Morgan fingerprint density at radius 2 is 1.82 bits per heavy atom. The minimum Gasteiger partial charge on any atom is -0.478 e. The monoisotopic (exact) mass is 292 g/mol. The Kier molecular flexibility index (Phi) is 3.74. The van der Waals surface area contributed by atoms with Gasteiger partial charge < -0.3 is 5.11 Å². The Hall–Kier alpha value is -3.28. The van der Waals surface area contributed by atoms with E-state index in [2.05, 4.69) is 15.2 Å². The molecule has 3 aromatic rings. The van der Waals surface area contributed by atoms with Crippen molar-refractivity contribution >= 4 is 12.0 Å². The van der Waals surface area contributed by atoms with Crippen molar-refractivity contribution in [1.29, 1.82) is 0 Å². The summed E-state index contributed by atoms with van der Waals surface area (Å²) in [6.45, 7) is 0. The van der Waals surface area contributed by atoms with Crippen molar-refractivity contribution in [3.63, 3.8) is 0 Å². The van der Waals surface area contributed by atoms with E-state index in [1.165, 1.54) is 6.08 Å². The fourth-order valence-electron chi connectivity index (χ4n) is 2.04. The van der Waals surface area contributed by atoms with E-state index in [9.17, 15) is 4.79 Å². The molecule has 1 aromatic carbocycles. The number of para-hydroxylation sites is 1. The number of nitrogens with zero attached hydrogens (tertiary/aromatic N) is 4. The first kappa shape index (κ1) is 13.7. The second kappa shape index (κ2) is 6.01. The molecular weight excluding hydrogens is 280 g/mol. The highest BCUT2D eigenvalue weighted by molar-refractivity contribution is 5.84. The van der Waals surface area contributed by atoms with Gasteiger partial charge in [0.05, 0.1) is 0 Å². The van der Waals surface area contributed by atoms with Crippen molar-refractivity contribution in [1.82, 2.24) is 19.7 Å². The van der Waals surface area contributed by atoms with Gasteiger partial charge in [-0.25, -0.2) is 4.79 Å². The van der Waals surface area contributed by atoms with Crippen LogP contribution in [-0.2, 0) is 4.79 Å². The molecule has 0 radical (unpaired) electrons. The van der Waals surface area contributed by atoms with Crippen molar-refractivity contribution in [3.8, 4) is 17.2 Å². The van der Waals surface area contributed by atoms with E-state index in [1.807, 2.05) is 48.5 Å². The average molecular weight is 292 g/mol. The highest BCUT2D eigenvalue weighted by Gasteiger charge is 2.14. The second-order valence-electron chi connectivity index (χ2n) is 4.44. The normalized spacial score (nSPS) is 10.9. The van der Waals surface area contributed by atoms with E-state index in [4.69, 9.17) is 5.11 Å². The lowest BCUT2D eigenvalue weighted by molar-refractivity contribution is -0.131. The number of rotatable bonds is 4. The van der Waals surface area contributed by atoms with Crippen LogP contribution in [0.5, 0.6) is 0 Å². The lowest BCUT2D eigenvalue weighted by Crippen LogP contribution is -2.01. The summed E-state index contributed by atoms with van der Waals surface area (Å²) in [5.41, 5.74) is 1.49. The first-order valence-electron chi connectivity index (χ1n) is 6.59. The van der Waals surface area contributed by atoms with E-state index in [0.29, 0.717) is 17.3 Å². The molecule has 0 bridgehead atoms. The van der Waals surface area contributed by atoms with Crippen LogP contribution in [0.1, 0.15) is 5.82 Å². The van der Waals surface area contributed by atoms with Gasteiger partial charge in [-0.1, -0.05) is 24.3 Å². The standard InChI is InChI=1S/C16H12N4O2/c21-15(22)10-9-14-18-19-16(13-8-4-5-11-17-13)20(14)12-6-2-1-3-7-12/h1-11H,(H,21,22)/b10-9+. The maximum Gasteiger partial charge on any atom is 0.328 e. The number of aromatic nitrogens is 4. The molecule has 22 heavy (non-hydrogen) atoms. The van der Waals surface area contributed by atoms with E-state index in [1.54, 1.807) is 10.8 Å². The number of benzene rings is 1. The highest BCUT2D eigenvalue weighted by atomic mass is 16.4. The zero-order valence-electron chi connectivity index (χ0n) is 11.5. The van der Waals surface area contributed by atoms with Gasteiger partial charge in [0.2, 0.25) is 0 Å². The number of hydrogen-bond donors (Lipinski definition) is 1. The van der Waals surface area contributed by atoms with Crippen LogP contribution in [0.4, 0.5) is 0 Å². The molecule has 0 aliphatic heterocycles. The molecule has 2 aromatic heterocycles. The summed E-state index contributed by atoms with van der Waals surface area (Å²) >= 11 is 0. The number of aliphatic carboxylic acids is 1. The van der Waals surface area contributed by atoms with Crippen LogP contribution >= 0.6 is 0 Å². The summed E-state index contributed by atoms with van der Waals surface area (Å²) in [6, 6.07) is 15.0. The van der Waals surface area contributed by atoms with Crippen LogP contribution < -0.4 is 0 Å². The quantitative estimate of drug-likeness (QED) is 0.747. The number of carboxylic acids is 1. The van der Waals surface area contributed by atoms with Gasteiger partial charge in [0, 0.05) is 18.0 Å². The molecule has 108 valence electrons. The highest BCUT2D eigenvalue weighted by Crippen LogP contribution is 2.21. The van der Waals surface area contributed by atoms with Crippen LogP contribution in [0.2, 0.25) is 0 Å². The summed E-state index contributed by atoms with van der Waals surface area (Å²) in [4.78, 5) is 15.0. The van der Waals surface area contributed by atoms with Crippen molar-refractivity contribution in [3.05, 3.63) is 66.6 Å². The van der Waals surface area contributed by atoms with Gasteiger partial charge >= 0.3 is 5.97 Å². The molecule has 0 fully saturated rings. The molecule has 6 nitrogen and oxygen atoms in total. The predicted molar refractivity (Wildman–Crippen MR) is 81.3 cm³/mol. The second-order valence-corrected chi connectivity index (χ2v) is 4.44. The van der Waals surface area contributed by atoms with Crippen LogP contribution in [-0.4, -0.2) is 30.8 Å². The predicted octanol–water partition coefficient (Wildman–Crippen LogP) is 2.43. The average Bonchev–Trinajstić information content (AvgIpc) is 2.98. The van der Waals surface area contributed by atoms with Gasteiger partial charge in [-0.15, -0.1) is 10.2 Å². The molecule has 3 rings (SSSR count). The fourth-order valence-corrected chi connectivity index (χ4v) is 2.04. The summed E-state index contributed by atoms with van der Waals surface area (Å²) in [5, 5.41) is 17.0. The van der Waals surface area contributed by atoms with Gasteiger partial charge in [-0.3, -0.25) is 9.55 Å². The van der Waals surface area contributed by atoms with Crippen molar-refractivity contribution < 1.29 is 9.90 Å². The molecule has 0 unspecified atom stereocenters. The Bertz CT molecular complexity index is 811. The molecule has 0 saturated carbocycles. The summed E-state index contributed by atoms with van der Waals surface area (Å²) in [7, 11) is 0. The minimum atomic E-state index is -1.04. The molecule has 2 heterocycles. The van der Waals surface area contributed by atoms with Crippen LogP contribution in [0.25, 0.3) is 23.3 Å². The van der Waals surface area contributed by atoms with Crippen LogP contribution in [0.3, 0.4) is 0 Å². The maximum absolute atomic E-state index is 10.7. The number of hydrogen-bond acceptors (Lipinski definition) is 4. The lowest BCUT2D eigenvalue weighted by atomic mass is 10.3. The minimum absolute atomic E-state index is 0.425. The van der Waals surface area contributed by atoms with Crippen molar-refractivity contribution in [2.75, 3.05) is 0 Å². The third kappa shape index (κ3) is 2.76. The molecule has 0 saturated heterocycles. The fraction of sp³-hybridized carbons (Fsp3) is 0. The smallest absolute Gasteiger partial charge is 0.328 e. The topological polar surface area (TPSA) is 80.9 Å². The van der Waals surface area contributed by atoms with E-state index >= 15 is 0 Å². The molecule has 0 aliphatic rings. The molecule has 0 aliphatic carbocycles. The van der Waals surface area contributed by atoms with Gasteiger partial charge in [-0.2, -0.15) is 0 Å². The lowest BCUT2D eigenvalue weighted by Gasteiger charge is -2.08. The molecule has 0 amide bonds. The largest absolute Gasteiger partial charge is 0.478 e. The summed E-state index contributed by atoms with van der Waals surface area (Å²) in [5.74, 6) is -0.0620. The van der Waals surface area contributed by atoms with Crippen LogP contribution in [0, 0.1) is 0 Å². The van der Waals surface area contributed by atoms with Crippen molar-refractivity contribution in [2.24, 2.45) is 0 Å². The Balaban J connectivity index is 2.18. The van der Waals surface area contributed by atoms with Crippen LogP contribution in [0.15, 0.2) is 60.8 Å². The van der Waals surface area contributed by atoms with E-state index < -0.39 is 5.97 Å². The Labute approximate surface area is 126 Å². The Morgan fingerprint density at radius 3 is 2.50 bits per heavy atom. The number of pyridine rings is 1. The Morgan fingerprint density at radius 1 is 1.05 bits per heavy atom. The number of carboxylic acid groups (broad SMARTS) is 1. The van der Waals surface area contributed by atoms with Crippen molar-refractivity contribution in [2.45, 2.75) is 0 Å². The van der Waals surface area contributed by atoms with E-state index in [-0.39, 0.29) is 0 Å². The first-order valence-corrected chi connectivity index (χ1v) is 6.59. The number of carbonyl (C=O) groups is 1. The molecule has 1 N–H and O–H groups in total. The zero-order chi connectivity index (χ0) is 15.4. The molecule has 6 heteroatoms. The third-order valence-corrected chi connectivity index (χ3v) is 2.97. The molecular formula is C16H12N4O2. The summed E-state index contributed by atoms with van der Waals surface area (Å²) < 4.78 is 1.77. The zero-order valence-corrected chi connectivity index (χ0v) is 11.5. The van der Waals surface area contributed by atoms with E-state index in [0.717, 1.165) is 11.8 Å². The van der Waals surface area contributed by atoms with Gasteiger partial charge in [-0.05, 0) is 30.3 Å². The maximum atomic E-state index is 10.7. The van der Waals surface area contributed by atoms with Gasteiger partial charge in [0.15, 0.2) is 11.6 Å². The van der Waals surface area contributed by atoms with Gasteiger partial charge in [0.25, 0.3) is 0 Å². The summed E-state index contributed by atoms with van der Waals surface area (Å²) in [6.07, 6.45) is 4.12. The molecule has 0 spiro atoms. The molecule has 0 atom stereocenters. The first-order chi connectivity index (χ1) is 10.8.